The molecule has 1 heterocycles. The Balaban J connectivity index is 2.64. The first-order valence-electron chi connectivity index (χ1n) is 4.58. The molecule has 0 bridgehead atoms. The van der Waals surface area contributed by atoms with Gasteiger partial charge in [0.05, 0.1) is 6.61 Å². The van der Waals surface area contributed by atoms with Crippen LogP contribution in [-0.2, 0) is 4.74 Å². The minimum absolute atomic E-state index is 0.0359. The maximum atomic E-state index is 5.83. The van der Waals surface area contributed by atoms with E-state index in [2.05, 4.69) is 4.98 Å². The molecule has 14 heavy (non-hydrogen) atoms. The van der Waals surface area contributed by atoms with Crippen LogP contribution >= 0.6 is 11.8 Å². The third kappa shape index (κ3) is 3.29. The quantitative estimate of drug-likeness (QED) is 0.597. The van der Waals surface area contributed by atoms with Crippen LogP contribution in [0.25, 0.3) is 0 Å². The Morgan fingerprint density at radius 1 is 1.64 bits per heavy atom. The lowest BCUT2D eigenvalue weighted by Gasteiger charge is -2.10. The molecule has 1 aromatic heterocycles. The number of hydrogen-bond acceptors (Lipinski definition) is 4. The number of pyridine rings is 1. The van der Waals surface area contributed by atoms with E-state index in [0.717, 1.165) is 22.9 Å². The highest BCUT2D eigenvalue weighted by Gasteiger charge is 2.07. The molecule has 0 spiro atoms. The lowest BCUT2D eigenvalue weighted by atomic mass is 10.2. The van der Waals surface area contributed by atoms with Crippen molar-refractivity contribution in [3.05, 3.63) is 23.9 Å². The summed E-state index contributed by atoms with van der Waals surface area (Å²) in [5.74, 6) is 0.910. The molecular weight excluding hydrogens is 196 g/mol. The lowest BCUT2D eigenvalue weighted by molar-refractivity contribution is 0.218. The molecule has 4 heteroatoms. The fourth-order valence-corrected chi connectivity index (χ4v) is 2.09. The molecule has 78 valence electrons. The molecule has 1 rings (SSSR count). The number of nitrogens with two attached hydrogens (primary N) is 1. The molecule has 0 saturated heterocycles. The van der Waals surface area contributed by atoms with Crippen LogP contribution in [0.1, 0.15) is 18.5 Å². The van der Waals surface area contributed by atoms with Gasteiger partial charge in [-0.1, -0.05) is 6.07 Å². The molecule has 0 aliphatic carbocycles. The van der Waals surface area contributed by atoms with Gasteiger partial charge in [0.2, 0.25) is 0 Å². The lowest BCUT2D eigenvalue weighted by Crippen LogP contribution is -2.07. The highest BCUT2D eigenvalue weighted by molar-refractivity contribution is 7.99. The van der Waals surface area contributed by atoms with Gasteiger partial charge >= 0.3 is 0 Å². The van der Waals surface area contributed by atoms with E-state index < -0.39 is 0 Å². The van der Waals surface area contributed by atoms with Gasteiger partial charge in [-0.05, 0) is 13.0 Å². The Labute approximate surface area is 89.1 Å². The van der Waals surface area contributed by atoms with Crippen LogP contribution < -0.4 is 5.73 Å². The minimum Gasteiger partial charge on any atom is -0.384 e. The van der Waals surface area contributed by atoms with Crippen molar-refractivity contribution in [3.8, 4) is 0 Å². The summed E-state index contributed by atoms with van der Waals surface area (Å²) in [7, 11) is 1.70. The van der Waals surface area contributed by atoms with Crippen molar-refractivity contribution in [2.75, 3.05) is 19.5 Å². The van der Waals surface area contributed by atoms with Crippen LogP contribution in [0.4, 0.5) is 0 Å². The zero-order chi connectivity index (χ0) is 10.4. The minimum atomic E-state index is 0.0359. The average Bonchev–Trinajstić information content (AvgIpc) is 2.19. The van der Waals surface area contributed by atoms with Gasteiger partial charge in [0.1, 0.15) is 5.03 Å². The summed E-state index contributed by atoms with van der Waals surface area (Å²) in [6.45, 7) is 2.71. The predicted molar refractivity (Wildman–Crippen MR) is 59.4 cm³/mol. The number of methoxy groups -OCH3 is 1. The van der Waals surface area contributed by atoms with Gasteiger partial charge in [0.25, 0.3) is 0 Å². The van der Waals surface area contributed by atoms with Gasteiger partial charge in [-0.25, -0.2) is 4.98 Å². The van der Waals surface area contributed by atoms with Crippen LogP contribution in [0.3, 0.4) is 0 Å². The normalized spacial score (nSPS) is 12.8. The molecule has 0 unspecified atom stereocenters. The summed E-state index contributed by atoms with van der Waals surface area (Å²) in [5.41, 5.74) is 6.94. The van der Waals surface area contributed by atoms with Crippen molar-refractivity contribution in [2.24, 2.45) is 5.73 Å². The first-order valence-corrected chi connectivity index (χ1v) is 5.56. The van der Waals surface area contributed by atoms with E-state index in [9.17, 15) is 0 Å². The maximum Gasteiger partial charge on any atom is 0.101 e. The summed E-state index contributed by atoms with van der Waals surface area (Å²) in [5, 5.41) is 1.01. The molecule has 2 N–H and O–H groups in total. The van der Waals surface area contributed by atoms with E-state index in [4.69, 9.17) is 10.5 Å². The van der Waals surface area contributed by atoms with Crippen LogP contribution in [0.2, 0.25) is 0 Å². The first-order chi connectivity index (χ1) is 6.75. The highest BCUT2D eigenvalue weighted by Crippen LogP contribution is 2.23. The van der Waals surface area contributed by atoms with E-state index in [1.807, 2.05) is 19.1 Å². The summed E-state index contributed by atoms with van der Waals surface area (Å²) in [6.07, 6.45) is 1.79. The van der Waals surface area contributed by atoms with E-state index in [0.29, 0.717) is 0 Å². The summed E-state index contributed by atoms with van der Waals surface area (Å²) < 4.78 is 4.98. The summed E-state index contributed by atoms with van der Waals surface area (Å²) >= 11 is 1.68. The van der Waals surface area contributed by atoms with Crippen molar-refractivity contribution in [1.82, 2.24) is 4.98 Å². The monoisotopic (exact) mass is 212 g/mol. The van der Waals surface area contributed by atoms with Crippen LogP contribution in [0.15, 0.2) is 23.4 Å². The third-order valence-corrected chi connectivity index (χ3v) is 2.80. The first kappa shape index (κ1) is 11.5. The Morgan fingerprint density at radius 2 is 2.43 bits per heavy atom. The second-order valence-electron chi connectivity index (χ2n) is 3.03. The Hall–Kier alpha value is -0.580. The molecule has 0 saturated carbocycles. The summed E-state index contributed by atoms with van der Waals surface area (Å²) in [6, 6.07) is 3.97. The number of aromatic nitrogens is 1. The molecule has 1 aromatic rings. The Kier molecular flexibility index (Phi) is 4.93. The van der Waals surface area contributed by atoms with Gasteiger partial charge < -0.3 is 10.5 Å². The number of ether oxygens (including phenoxy) is 1. The molecule has 0 fully saturated rings. The third-order valence-electron chi connectivity index (χ3n) is 1.82. The van der Waals surface area contributed by atoms with E-state index in [-0.39, 0.29) is 6.04 Å². The van der Waals surface area contributed by atoms with Gasteiger partial charge in [-0.2, -0.15) is 0 Å². The zero-order valence-electron chi connectivity index (χ0n) is 8.56. The zero-order valence-corrected chi connectivity index (χ0v) is 9.38. The molecule has 0 aliphatic heterocycles. The van der Waals surface area contributed by atoms with E-state index in [1.54, 1.807) is 25.1 Å². The topological polar surface area (TPSA) is 48.1 Å². The van der Waals surface area contributed by atoms with Crippen LogP contribution in [0.5, 0.6) is 0 Å². The van der Waals surface area contributed by atoms with Gasteiger partial charge in [0, 0.05) is 30.7 Å². The van der Waals surface area contributed by atoms with Crippen molar-refractivity contribution >= 4 is 11.8 Å². The van der Waals surface area contributed by atoms with Crippen LogP contribution in [0, 0.1) is 0 Å². The second-order valence-corrected chi connectivity index (χ2v) is 4.11. The highest BCUT2D eigenvalue weighted by atomic mass is 32.2. The van der Waals surface area contributed by atoms with Crippen molar-refractivity contribution in [3.63, 3.8) is 0 Å². The standard InChI is InChI=1S/C10H16N2OS/c1-8(11)9-4-3-5-12-10(9)14-7-6-13-2/h3-5,8H,6-7,11H2,1-2H3/t8-/m0/s1. The van der Waals surface area contributed by atoms with E-state index in [1.165, 1.54) is 0 Å². The molecule has 0 aromatic carbocycles. The van der Waals surface area contributed by atoms with Crippen LogP contribution in [-0.4, -0.2) is 24.5 Å². The fourth-order valence-electron chi connectivity index (χ4n) is 1.09. The summed E-state index contributed by atoms with van der Waals surface area (Å²) in [4.78, 5) is 4.30. The van der Waals surface area contributed by atoms with Gasteiger partial charge in [-0.3, -0.25) is 0 Å². The van der Waals surface area contributed by atoms with Gasteiger partial charge in [0.15, 0.2) is 0 Å². The number of hydrogen-bond donors (Lipinski definition) is 1. The SMILES string of the molecule is COCCSc1ncccc1[C@H](C)N. The molecule has 0 radical (unpaired) electrons. The number of rotatable bonds is 5. The molecule has 0 amide bonds. The molecule has 3 nitrogen and oxygen atoms in total. The fraction of sp³-hybridized carbons (Fsp3) is 0.500. The smallest absolute Gasteiger partial charge is 0.101 e. The predicted octanol–water partition coefficient (Wildman–Crippen LogP) is 1.84. The number of nitrogens with zero attached hydrogens (tertiary/aromatic N) is 1. The molecule has 1 atom stereocenters. The van der Waals surface area contributed by atoms with E-state index >= 15 is 0 Å². The maximum absolute atomic E-state index is 5.83. The van der Waals surface area contributed by atoms with Crippen molar-refractivity contribution in [2.45, 2.75) is 18.0 Å². The molecular formula is C10H16N2OS. The second kappa shape index (κ2) is 6.01. The van der Waals surface area contributed by atoms with Crippen molar-refractivity contribution < 1.29 is 4.74 Å². The van der Waals surface area contributed by atoms with Gasteiger partial charge in [-0.15, -0.1) is 11.8 Å². The Morgan fingerprint density at radius 3 is 3.07 bits per heavy atom. The van der Waals surface area contributed by atoms with Crippen molar-refractivity contribution in [1.29, 1.82) is 0 Å². The Bertz CT molecular complexity index is 279. The number of thioether (sulfide) groups is 1. The average molecular weight is 212 g/mol. The largest absolute Gasteiger partial charge is 0.384 e. The molecule has 0 aliphatic rings.